The number of aliphatic imine (C=N–C) groups is 3. The second kappa shape index (κ2) is 18.4. The molecule has 6 aliphatic rings. The van der Waals surface area contributed by atoms with Crippen molar-refractivity contribution in [3.8, 4) is 16.2 Å². The molecule has 70 heavy (non-hydrogen) atoms. The van der Waals surface area contributed by atoms with Gasteiger partial charge in [0.05, 0.1) is 22.3 Å². The number of hydrogen-bond donors (Lipinski definition) is 4. The standard InChI is InChI=1S/C49H49ClN8O10S2/c1-49(2)21-29(53-28-6-3-5-27(19-28)44-42(50)43(68-24-40(60)61)45(69-44)48(64)65)15-18-57(49)70(66,67)25-38-52-23-35-34(54-38)20-30(22-51-35)56-16-13-26(14-17-56)31-9-10-36-41-32(31)7-4-8-33(41)47(63)58(36)37-11-12-39(59)55-46(37)62/h3-10,19-20,22-23,26,29,34-35,37,53H,11-18,21,24-25H2,1-2H3,(H,60,61)(H,64,65)(H,55,59,62). The maximum absolute atomic E-state index is 14.2. The second-order valence-corrected chi connectivity index (χ2v) is 22.2. The molecule has 1 aromatic heterocycles. The Morgan fingerprint density at radius 3 is 2.53 bits per heavy atom. The van der Waals surface area contributed by atoms with Crippen LogP contribution in [0, 0.1) is 0 Å². The number of piperidine rings is 3. The number of thiophene rings is 1. The van der Waals surface area contributed by atoms with Gasteiger partial charge in [-0.3, -0.25) is 34.6 Å². The van der Waals surface area contributed by atoms with E-state index in [9.17, 15) is 37.5 Å². The Balaban J connectivity index is 0.771. The van der Waals surface area contributed by atoms with Crippen LogP contribution in [0.4, 0.5) is 11.4 Å². The van der Waals surface area contributed by atoms with E-state index in [2.05, 4.69) is 26.6 Å². The van der Waals surface area contributed by atoms with E-state index in [4.69, 9.17) is 31.4 Å². The fourth-order valence-corrected chi connectivity index (χ4v) is 14.0. The summed E-state index contributed by atoms with van der Waals surface area (Å²) in [4.78, 5) is 79.6. The number of aromatic carboxylic acids is 1. The zero-order valence-corrected chi connectivity index (χ0v) is 40.5. The molecule has 4 atom stereocenters. The summed E-state index contributed by atoms with van der Waals surface area (Å²) in [5.41, 5.74) is 3.88. The predicted molar refractivity (Wildman–Crippen MR) is 267 cm³/mol. The molecule has 7 heterocycles. The molecule has 3 fully saturated rings. The van der Waals surface area contributed by atoms with Crippen molar-refractivity contribution in [3.05, 3.63) is 87.4 Å². The molecule has 4 unspecified atom stereocenters. The average molecular weight is 1010 g/mol. The minimum Gasteiger partial charge on any atom is -0.479 e. The van der Waals surface area contributed by atoms with Crippen molar-refractivity contribution in [2.45, 2.75) is 88.0 Å². The van der Waals surface area contributed by atoms with Crippen LogP contribution in [-0.2, 0) is 24.4 Å². The zero-order chi connectivity index (χ0) is 49.2. The Hall–Kier alpha value is -6.48. The molecule has 10 rings (SSSR count). The molecule has 3 amide bonds. The highest BCUT2D eigenvalue weighted by molar-refractivity contribution is 7.89. The van der Waals surface area contributed by atoms with Crippen LogP contribution in [0.15, 0.2) is 81.3 Å². The van der Waals surface area contributed by atoms with E-state index in [0.29, 0.717) is 40.2 Å². The van der Waals surface area contributed by atoms with Gasteiger partial charge in [0.15, 0.2) is 17.2 Å². The summed E-state index contributed by atoms with van der Waals surface area (Å²) >= 11 is 7.43. The van der Waals surface area contributed by atoms with Crippen LogP contribution >= 0.6 is 22.9 Å². The van der Waals surface area contributed by atoms with Gasteiger partial charge in [-0.15, -0.1) is 11.3 Å². The van der Waals surface area contributed by atoms with E-state index in [1.54, 1.807) is 29.3 Å². The second-order valence-electron chi connectivity index (χ2n) is 18.9. The number of amidine groups is 1. The number of carboxylic acid groups (broad SMARTS) is 2. The molecule has 21 heteroatoms. The van der Waals surface area contributed by atoms with Crippen LogP contribution < -0.4 is 20.3 Å². The molecular weight excluding hydrogens is 960 g/mol. The number of allylic oxidation sites excluding steroid dienone is 1. The van der Waals surface area contributed by atoms with Crippen LogP contribution in [0.1, 0.15) is 83.9 Å². The Labute approximate surface area is 411 Å². The number of carbonyl (C=O) groups is 5. The average Bonchev–Trinajstić information content (AvgIpc) is 3.81. The molecule has 0 spiro atoms. The lowest BCUT2D eigenvalue weighted by molar-refractivity contribution is -0.139. The Kier molecular flexibility index (Phi) is 12.4. The fraction of sp³-hybridized carbons (Fsp3) is 0.388. The van der Waals surface area contributed by atoms with Gasteiger partial charge < -0.3 is 25.2 Å². The van der Waals surface area contributed by atoms with Crippen LogP contribution in [0.25, 0.3) is 21.2 Å². The molecule has 4 aromatic rings. The highest BCUT2D eigenvalue weighted by Crippen LogP contribution is 2.47. The van der Waals surface area contributed by atoms with Gasteiger partial charge in [0.1, 0.15) is 28.7 Å². The number of rotatable bonds is 13. The normalized spacial score (nSPS) is 23.5. The van der Waals surface area contributed by atoms with E-state index in [1.807, 2.05) is 56.5 Å². The quantitative estimate of drug-likeness (QED) is 0.110. The number of benzene rings is 3. The summed E-state index contributed by atoms with van der Waals surface area (Å²) in [5, 5.41) is 26.6. The van der Waals surface area contributed by atoms with Gasteiger partial charge in [0.2, 0.25) is 21.8 Å². The topological polar surface area (TPSA) is 240 Å². The number of fused-ring (bicyclic) bond motifs is 1. The molecule has 0 saturated carbocycles. The van der Waals surface area contributed by atoms with E-state index >= 15 is 0 Å². The van der Waals surface area contributed by atoms with Gasteiger partial charge >= 0.3 is 11.9 Å². The van der Waals surface area contributed by atoms with Gasteiger partial charge in [0, 0.05) is 66.7 Å². The lowest BCUT2D eigenvalue weighted by Gasteiger charge is -2.45. The number of halogens is 1. The molecule has 0 radical (unpaired) electrons. The number of nitrogens with one attached hydrogen (secondary N) is 2. The largest absolute Gasteiger partial charge is 0.479 e. The predicted octanol–water partition coefficient (Wildman–Crippen LogP) is 6.20. The minimum atomic E-state index is -3.86. The molecule has 18 nitrogen and oxygen atoms in total. The number of ether oxygens (including phenoxy) is 1. The number of anilines is 2. The van der Waals surface area contributed by atoms with Gasteiger partial charge in [-0.05, 0) is 98.7 Å². The SMILES string of the molecule is CC1(C)CC(Nc2cccc(-c3sc(C(=O)O)c(OCC(=O)O)c3Cl)c2)CCN1S(=O)(=O)CC1=NC2C=C(N3CCC(c4ccc5c6c(cccc46)C(=O)N5C4CCC(=O)NC4=O)CC3)C=NC2C=N1. The number of sulfonamides is 1. The number of imide groups is 1. The number of likely N-dealkylation sites (tertiary alicyclic amines) is 1. The maximum atomic E-state index is 14.2. The van der Waals surface area contributed by atoms with Crippen molar-refractivity contribution in [2.75, 3.05) is 42.2 Å². The molecule has 3 saturated heterocycles. The van der Waals surface area contributed by atoms with Crippen molar-refractivity contribution >= 4 is 103 Å². The highest BCUT2D eigenvalue weighted by atomic mass is 35.5. The third-order valence-electron chi connectivity index (χ3n) is 13.9. The third kappa shape index (κ3) is 8.85. The summed E-state index contributed by atoms with van der Waals surface area (Å²) < 4.78 is 35.1. The van der Waals surface area contributed by atoms with Crippen molar-refractivity contribution in [3.63, 3.8) is 0 Å². The third-order valence-corrected chi connectivity index (χ3v) is 17.6. The van der Waals surface area contributed by atoms with Crippen LogP contribution in [0.2, 0.25) is 5.02 Å². The van der Waals surface area contributed by atoms with Crippen molar-refractivity contribution in [1.29, 1.82) is 0 Å². The van der Waals surface area contributed by atoms with Crippen molar-refractivity contribution in [2.24, 2.45) is 15.0 Å². The first-order chi connectivity index (χ1) is 33.5. The van der Waals surface area contributed by atoms with Gasteiger partial charge in [-0.25, -0.2) is 23.0 Å². The first kappa shape index (κ1) is 47.2. The first-order valence-corrected chi connectivity index (χ1v) is 25.9. The smallest absolute Gasteiger partial charge is 0.349 e. The number of carbonyl (C=O) groups excluding carboxylic acids is 3. The van der Waals surface area contributed by atoms with E-state index < -0.39 is 52.1 Å². The van der Waals surface area contributed by atoms with E-state index in [1.165, 1.54) is 4.31 Å². The minimum absolute atomic E-state index is 0.00325. The first-order valence-electron chi connectivity index (χ1n) is 23.1. The highest BCUT2D eigenvalue weighted by Gasteiger charge is 2.44. The summed E-state index contributed by atoms with van der Waals surface area (Å²) in [6, 6.07) is 15.3. The number of carboxylic acids is 2. The lowest BCUT2D eigenvalue weighted by atomic mass is 9.85. The van der Waals surface area contributed by atoms with E-state index in [0.717, 1.165) is 59.3 Å². The van der Waals surface area contributed by atoms with Gasteiger partial charge in [0.25, 0.3) is 5.91 Å². The van der Waals surface area contributed by atoms with Crippen molar-refractivity contribution < 1.29 is 47.3 Å². The molecule has 3 aromatic carbocycles. The van der Waals surface area contributed by atoms with E-state index in [-0.39, 0.29) is 76.4 Å². The summed E-state index contributed by atoms with van der Waals surface area (Å²) in [5.74, 6) is -3.70. The number of dihydropyridines is 1. The Morgan fingerprint density at radius 2 is 1.79 bits per heavy atom. The number of amides is 3. The molecule has 4 N–H and O–H groups in total. The number of aliphatic carboxylic acids is 1. The lowest BCUT2D eigenvalue weighted by Crippen LogP contribution is -2.56. The summed E-state index contributed by atoms with van der Waals surface area (Å²) in [6.45, 7) is 4.79. The maximum Gasteiger partial charge on any atom is 0.349 e. The van der Waals surface area contributed by atoms with Crippen LogP contribution in [-0.4, -0.2) is 137 Å². The van der Waals surface area contributed by atoms with Crippen LogP contribution in [0.3, 0.4) is 0 Å². The Bertz CT molecular complexity index is 3120. The molecule has 0 aliphatic carbocycles. The van der Waals surface area contributed by atoms with Crippen LogP contribution in [0.5, 0.6) is 5.75 Å². The number of nitrogens with zero attached hydrogens (tertiary/aromatic N) is 6. The fourth-order valence-electron chi connectivity index (χ4n) is 10.7. The zero-order valence-electron chi connectivity index (χ0n) is 38.1. The molecule has 364 valence electrons. The van der Waals surface area contributed by atoms with Gasteiger partial charge in [-0.1, -0.05) is 41.9 Å². The summed E-state index contributed by atoms with van der Waals surface area (Å²) in [7, 11) is -3.86. The van der Waals surface area contributed by atoms with Crippen molar-refractivity contribution in [1.82, 2.24) is 14.5 Å². The summed E-state index contributed by atoms with van der Waals surface area (Å²) in [6.07, 6.45) is 8.70. The molecular formula is C49H49ClN8O10S2. The molecule has 6 aliphatic heterocycles. The van der Waals surface area contributed by atoms with Gasteiger partial charge in [-0.2, -0.15) is 4.31 Å². The number of hydrogen-bond acceptors (Lipinski definition) is 14. The monoisotopic (exact) mass is 1010 g/mol. The Morgan fingerprint density at radius 1 is 1.00 bits per heavy atom. The molecule has 0 bridgehead atoms.